The first kappa shape index (κ1) is 15.5. The standard InChI is InChI=1S/C12H10BrN3O4S/c13-10-5-11(8-14-7-10)21(19,20)15-6-9-3-1-2-4-12(9)16(17)18/h1-5,7-8,15H,6H2. The number of nitro benzene ring substituents is 1. The molecular formula is C12H10BrN3O4S. The van der Waals surface area contributed by atoms with E-state index < -0.39 is 14.9 Å². The zero-order chi connectivity index (χ0) is 15.5. The molecule has 0 atom stereocenters. The van der Waals surface area contributed by atoms with Crippen LogP contribution in [-0.2, 0) is 16.6 Å². The third kappa shape index (κ3) is 3.84. The van der Waals surface area contributed by atoms with Crippen molar-refractivity contribution in [3.63, 3.8) is 0 Å². The van der Waals surface area contributed by atoms with E-state index in [1.54, 1.807) is 6.07 Å². The van der Waals surface area contributed by atoms with Gasteiger partial charge >= 0.3 is 0 Å². The molecule has 0 unspecified atom stereocenters. The van der Waals surface area contributed by atoms with Gasteiger partial charge in [-0.3, -0.25) is 15.1 Å². The molecule has 2 aromatic rings. The summed E-state index contributed by atoms with van der Waals surface area (Å²) in [6.45, 7) is -0.175. The summed E-state index contributed by atoms with van der Waals surface area (Å²) in [6.07, 6.45) is 2.66. The van der Waals surface area contributed by atoms with Crippen LogP contribution in [-0.4, -0.2) is 18.3 Å². The van der Waals surface area contributed by atoms with Gasteiger partial charge < -0.3 is 0 Å². The van der Waals surface area contributed by atoms with Crippen molar-refractivity contribution in [1.82, 2.24) is 9.71 Å². The fourth-order valence-electron chi connectivity index (χ4n) is 1.63. The van der Waals surface area contributed by atoms with Crippen molar-refractivity contribution < 1.29 is 13.3 Å². The van der Waals surface area contributed by atoms with Crippen LogP contribution in [0.1, 0.15) is 5.56 Å². The van der Waals surface area contributed by atoms with Gasteiger partial charge in [0.25, 0.3) is 5.69 Å². The minimum Gasteiger partial charge on any atom is -0.262 e. The Morgan fingerprint density at radius 2 is 2.00 bits per heavy atom. The lowest BCUT2D eigenvalue weighted by molar-refractivity contribution is -0.385. The average Bonchev–Trinajstić information content (AvgIpc) is 2.45. The van der Waals surface area contributed by atoms with Gasteiger partial charge in [-0.05, 0) is 22.0 Å². The molecule has 9 heteroatoms. The number of aromatic nitrogens is 1. The van der Waals surface area contributed by atoms with E-state index in [4.69, 9.17) is 0 Å². The highest BCUT2D eigenvalue weighted by Gasteiger charge is 2.18. The van der Waals surface area contributed by atoms with Crippen molar-refractivity contribution in [3.05, 3.63) is 62.9 Å². The quantitative estimate of drug-likeness (QED) is 0.641. The Labute approximate surface area is 129 Å². The van der Waals surface area contributed by atoms with Gasteiger partial charge in [0.15, 0.2) is 0 Å². The summed E-state index contributed by atoms with van der Waals surface area (Å²) in [7, 11) is -3.79. The largest absolute Gasteiger partial charge is 0.273 e. The zero-order valence-corrected chi connectivity index (χ0v) is 13.0. The van der Waals surface area contributed by atoms with E-state index >= 15 is 0 Å². The number of nitrogens with zero attached hydrogens (tertiary/aromatic N) is 2. The predicted octanol–water partition coefficient (Wildman–Crippen LogP) is 2.23. The molecule has 1 aromatic carbocycles. The molecule has 0 radical (unpaired) electrons. The van der Waals surface area contributed by atoms with Gasteiger partial charge in [0, 0.05) is 35.0 Å². The molecule has 0 aliphatic rings. The SMILES string of the molecule is O=[N+]([O-])c1ccccc1CNS(=O)(=O)c1cncc(Br)c1. The summed E-state index contributed by atoms with van der Waals surface area (Å²) in [5.74, 6) is 0. The Balaban J connectivity index is 2.22. The highest BCUT2D eigenvalue weighted by Crippen LogP contribution is 2.19. The third-order valence-corrected chi connectivity index (χ3v) is 4.43. The molecule has 1 N–H and O–H groups in total. The lowest BCUT2D eigenvalue weighted by Gasteiger charge is -2.07. The molecule has 0 fully saturated rings. The van der Waals surface area contributed by atoms with Crippen LogP contribution >= 0.6 is 15.9 Å². The Bertz CT molecular complexity index is 780. The maximum atomic E-state index is 12.1. The number of sulfonamides is 1. The zero-order valence-electron chi connectivity index (χ0n) is 10.6. The van der Waals surface area contributed by atoms with Crippen LogP contribution < -0.4 is 4.72 Å². The van der Waals surface area contributed by atoms with Crippen molar-refractivity contribution in [2.45, 2.75) is 11.4 Å². The normalized spacial score (nSPS) is 11.3. The molecule has 2 rings (SSSR count). The number of pyridine rings is 1. The Morgan fingerprint density at radius 3 is 2.67 bits per heavy atom. The third-order valence-electron chi connectivity index (χ3n) is 2.63. The van der Waals surface area contributed by atoms with E-state index in [9.17, 15) is 18.5 Å². The van der Waals surface area contributed by atoms with Gasteiger partial charge in [-0.1, -0.05) is 18.2 Å². The van der Waals surface area contributed by atoms with E-state index in [-0.39, 0.29) is 22.7 Å². The summed E-state index contributed by atoms with van der Waals surface area (Å²) in [5.41, 5.74) is 0.154. The molecular weight excluding hydrogens is 362 g/mol. The van der Waals surface area contributed by atoms with Crippen molar-refractivity contribution in [2.75, 3.05) is 0 Å². The summed E-state index contributed by atoms with van der Waals surface area (Å²) < 4.78 is 27.0. The second-order valence-corrected chi connectivity index (χ2v) is 6.73. The van der Waals surface area contributed by atoms with E-state index in [0.717, 1.165) is 0 Å². The number of rotatable bonds is 5. The van der Waals surface area contributed by atoms with E-state index in [2.05, 4.69) is 25.6 Å². The van der Waals surface area contributed by atoms with Gasteiger partial charge in [0.2, 0.25) is 10.0 Å². The van der Waals surface area contributed by atoms with Gasteiger partial charge in [0.05, 0.1) is 4.92 Å². The fraction of sp³-hybridized carbons (Fsp3) is 0.0833. The fourth-order valence-corrected chi connectivity index (χ4v) is 3.14. The first-order valence-corrected chi connectivity index (χ1v) is 8.00. The molecule has 1 aromatic heterocycles. The monoisotopic (exact) mass is 371 g/mol. The van der Waals surface area contributed by atoms with Crippen LogP contribution in [0.5, 0.6) is 0 Å². The highest BCUT2D eigenvalue weighted by molar-refractivity contribution is 9.10. The maximum absolute atomic E-state index is 12.1. The average molecular weight is 372 g/mol. The van der Waals surface area contributed by atoms with Crippen LogP contribution in [0.4, 0.5) is 5.69 Å². The lowest BCUT2D eigenvalue weighted by Crippen LogP contribution is -2.23. The molecule has 0 aliphatic heterocycles. The summed E-state index contributed by atoms with van der Waals surface area (Å²) in [6, 6.07) is 7.35. The van der Waals surface area contributed by atoms with Gasteiger partial charge in [-0.2, -0.15) is 0 Å². The number of nitrogens with one attached hydrogen (secondary N) is 1. The predicted molar refractivity (Wildman–Crippen MR) is 79.1 cm³/mol. The van der Waals surface area contributed by atoms with Crippen molar-refractivity contribution in [2.24, 2.45) is 0 Å². The molecule has 0 aliphatic carbocycles. The number of nitro groups is 1. The van der Waals surface area contributed by atoms with E-state index in [1.165, 1.54) is 36.7 Å². The summed E-state index contributed by atoms with van der Waals surface area (Å²) >= 11 is 3.14. The lowest BCUT2D eigenvalue weighted by atomic mass is 10.2. The maximum Gasteiger partial charge on any atom is 0.273 e. The van der Waals surface area contributed by atoms with E-state index in [0.29, 0.717) is 4.47 Å². The van der Waals surface area contributed by atoms with Gasteiger partial charge in [0.1, 0.15) is 4.90 Å². The molecule has 0 bridgehead atoms. The first-order valence-electron chi connectivity index (χ1n) is 5.72. The Hall–Kier alpha value is -1.84. The number of benzene rings is 1. The molecule has 0 spiro atoms. The number of hydrogen-bond acceptors (Lipinski definition) is 5. The summed E-state index contributed by atoms with van der Waals surface area (Å²) in [4.78, 5) is 14.1. The molecule has 0 saturated carbocycles. The Kier molecular flexibility index (Phi) is 4.66. The topological polar surface area (TPSA) is 102 Å². The molecule has 110 valence electrons. The number of hydrogen-bond donors (Lipinski definition) is 1. The van der Waals surface area contributed by atoms with Crippen LogP contribution in [0, 0.1) is 10.1 Å². The Morgan fingerprint density at radius 1 is 1.29 bits per heavy atom. The molecule has 0 amide bonds. The molecule has 0 saturated heterocycles. The van der Waals surface area contributed by atoms with Crippen molar-refractivity contribution in [1.29, 1.82) is 0 Å². The van der Waals surface area contributed by atoms with Crippen LogP contribution in [0.3, 0.4) is 0 Å². The van der Waals surface area contributed by atoms with Crippen LogP contribution in [0.25, 0.3) is 0 Å². The van der Waals surface area contributed by atoms with Gasteiger partial charge in [-0.25, -0.2) is 13.1 Å². The van der Waals surface area contributed by atoms with E-state index in [1.807, 2.05) is 0 Å². The number of halogens is 1. The smallest absolute Gasteiger partial charge is 0.262 e. The molecule has 7 nitrogen and oxygen atoms in total. The summed E-state index contributed by atoms with van der Waals surface area (Å²) in [5, 5.41) is 10.9. The van der Waals surface area contributed by atoms with Crippen LogP contribution in [0.2, 0.25) is 0 Å². The minimum atomic E-state index is -3.79. The second-order valence-electron chi connectivity index (χ2n) is 4.05. The first-order chi connectivity index (χ1) is 9.90. The second kappa shape index (κ2) is 6.29. The van der Waals surface area contributed by atoms with Crippen molar-refractivity contribution in [3.8, 4) is 0 Å². The van der Waals surface area contributed by atoms with Gasteiger partial charge in [-0.15, -0.1) is 0 Å². The number of para-hydroxylation sites is 1. The van der Waals surface area contributed by atoms with Crippen molar-refractivity contribution >= 4 is 31.6 Å². The molecule has 21 heavy (non-hydrogen) atoms. The minimum absolute atomic E-state index is 0.0181. The van der Waals surface area contributed by atoms with Crippen LogP contribution in [0.15, 0.2) is 52.1 Å². The highest BCUT2D eigenvalue weighted by atomic mass is 79.9. The molecule has 1 heterocycles.